The Morgan fingerprint density at radius 3 is 2.45 bits per heavy atom. The SMILES string of the molecule is CCC(=O)Nc1ccc(Cl)c(NC(=O)OC(C)(C)C)c1. The molecule has 6 heteroatoms. The van der Waals surface area contributed by atoms with E-state index in [0.717, 1.165) is 0 Å². The molecule has 0 aromatic heterocycles. The van der Waals surface area contributed by atoms with Crippen LogP contribution >= 0.6 is 11.6 Å². The van der Waals surface area contributed by atoms with Gasteiger partial charge in [0.2, 0.25) is 5.91 Å². The molecule has 20 heavy (non-hydrogen) atoms. The summed E-state index contributed by atoms with van der Waals surface area (Å²) in [7, 11) is 0. The van der Waals surface area contributed by atoms with Crippen LogP contribution in [0.4, 0.5) is 16.2 Å². The lowest BCUT2D eigenvalue weighted by Gasteiger charge is -2.20. The van der Waals surface area contributed by atoms with Gasteiger partial charge in [-0.25, -0.2) is 4.79 Å². The quantitative estimate of drug-likeness (QED) is 0.885. The maximum absolute atomic E-state index is 11.7. The molecule has 0 aliphatic heterocycles. The highest BCUT2D eigenvalue weighted by Crippen LogP contribution is 2.26. The Bertz CT molecular complexity index is 510. The lowest BCUT2D eigenvalue weighted by molar-refractivity contribution is -0.115. The third-order valence-corrected chi connectivity index (χ3v) is 2.54. The Labute approximate surface area is 123 Å². The van der Waals surface area contributed by atoms with E-state index in [-0.39, 0.29) is 5.91 Å². The normalized spacial score (nSPS) is 10.8. The van der Waals surface area contributed by atoms with E-state index in [2.05, 4.69) is 10.6 Å². The summed E-state index contributed by atoms with van der Waals surface area (Å²) in [4.78, 5) is 23.0. The van der Waals surface area contributed by atoms with Crippen LogP contribution in [0, 0.1) is 0 Å². The topological polar surface area (TPSA) is 67.4 Å². The van der Waals surface area contributed by atoms with Crippen molar-refractivity contribution in [2.24, 2.45) is 0 Å². The van der Waals surface area contributed by atoms with Crippen LogP contribution in [0.1, 0.15) is 34.1 Å². The van der Waals surface area contributed by atoms with E-state index >= 15 is 0 Å². The Balaban J connectivity index is 2.81. The first-order valence-corrected chi connectivity index (χ1v) is 6.68. The van der Waals surface area contributed by atoms with Crippen molar-refractivity contribution in [2.45, 2.75) is 39.7 Å². The second kappa shape index (κ2) is 6.61. The Kier molecular flexibility index (Phi) is 5.39. The fourth-order valence-corrected chi connectivity index (χ4v) is 1.53. The number of halogens is 1. The first-order chi connectivity index (χ1) is 9.21. The highest BCUT2D eigenvalue weighted by molar-refractivity contribution is 6.33. The molecule has 2 N–H and O–H groups in total. The molecule has 0 fully saturated rings. The summed E-state index contributed by atoms with van der Waals surface area (Å²) < 4.78 is 5.14. The van der Waals surface area contributed by atoms with Gasteiger partial charge in [-0.15, -0.1) is 0 Å². The van der Waals surface area contributed by atoms with E-state index in [0.29, 0.717) is 22.8 Å². The predicted octanol–water partition coefficient (Wildman–Crippen LogP) is 4.04. The van der Waals surface area contributed by atoms with Crippen LogP contribution in [0.5, 0.6) is 0 Å². The molecule has 0 saturated carbocycles. The molecule has 0 heterocycles. The highest BCUT2D eigenvalue weighted by atomic mass is 35.5. The average Bonchev–Trinajstić information content (AvgIpc) is 2.30. The van der Waals surface area contributed by atoms with E-state index in [1.165, 1.54) is 0 Å². The van der Waals surface area contributed by atoms with Crippen LogP contribution in [-0.4, -0.2) is 17.6 Å². The molecule has 0 aliphatic carbocycles. The van der Waals surface area contributed by atoms with E-state index in [1.54, 1.807) is 45.9 Å². The van der Waals surface area contributed by atoms with E-state index in [1.807, 2.05) is 0 Å². The summed E-state index contributed by atoms with van der Waals surface area (Å²) in [5.74, 6) is -0.115. The molecule has 1 aromatic rings. The molecule has 0 unspecified atom stereocenters. The van der Waals surface area contributed by atoms with Gasteiger partial charge >= 0.3 is 6.09 Å². The minimum Gasteiger partial charge on any atom is -0.444 e. The second-order valence-corrected chi connectivity index (χ2v) is 5.63. The van der Waals surface area contributed by atoms with Gasteiger partial charge in [-0.1, -0.05) is 18.5 Å². The summed E-state index contributed by atoms with van der Waals surface area (Å²) in [6.07, 6.45) is -0.226. The largest absolute Gasteiger partial charge is 0.444 e. The van der Waals surface area contributed by atoms with E-state index in [4.69, 9.17) is 16.3 Å². The summed E-state index contributed by atoms with van der Waals surface area (Å²) in [5.41, 5.74) is 0.354. The van der Waals surface area contributed by atoms with Crippen molar-refractivity contribution in [1.82, 2.24) is 0 Å². The molecular weight excluding hydrogens is 280 g/mol. The van der Waals surface area contributed by atoms with Crippen LogP contribution in [0.2, 0.25) is 5.02 Å². The molecule has 1 aromatic carbocycles. The minimum absolute atomic E-state index is 0.115. The van der Waals surface area contributed by atoms with Crippen LogP contribution in [0.15, 0.2) is 18.2 Å². The monoisotopic (exact) mass is 298 g/mol. The Hall–Kier alpha value is -1.75. The fourth-order valence-electron chi connectivity index (χ4n) is 1.36. The van der Waals surface area contributed by atoms with Gasteiger partial charge in [0.1, 0.15) is 5.60 Å². The molecule has 0 saturated heterocycles. The lowest BCUT2D eigenvalue weighted by Crippen LogP contribution is -2.27. The third kappa shape index (κ3) is 5.48. The summed E-state index contributed by atoms with van der Waals surface area (Å²) in [6, 6.07) is 4.84. The first-order valence-electron chi connectivity index (χ1n) is 6.30. The molecule has 1 rings (SSSR count). The molecule has 110 valence electrons. The van der Waals surface area contributed by atoms with Crippen molar-refractivity contribution in [3.63, 3.8) is 0 Å². The number of anilines is 2. The maximum atomic E-state index is 11.7. The van der Waals surface area contributed by atoms with Gasteiger partial charge in [-0.3, -0.25) is 10.1 Å². The number of carbonyl (C=O) groups is 2. The zero-order valence-electron chi connectivity index (χ0n) is 12.0. The molecule has 0 bridgehead atoms. The third-order valence-electron chi connectivity index (χ3n) is 2.21. The van der Waals surface area contributed by atoms with Crippen LogP contribution in [0.25, 0.3) is 0 Å². The maximum Gasteiger partial charge on any atom is 0.412 e. The number of carbonyl (C=O) groups excluding carboxylic acids is 2. The molecule has 5 nitrogen and oxygen atoms in total. The number of nitrogens with one attached hydrogen (secondary N) is 2. The van der Waals surface area contributed by atoms with Gasteiger partial charge in [0.05, 0.1) is 10.7 Å². The molecular formula is C14H19ClN2O3. The number of hydrogen-bond donors (Lipinski definition) is 2. The van der Waals surface area contributed by atoms with Crippen molar-refractivity contribution < 1.29 is 14.3 Å². The molecule has 0 atom stereocenters. The molecule has 0 aliphatic rings. The highest BCUT2D eigenvalue weighted by Gasteiger charge is 2.17. The van der Waals surface area contributed by atoms with Crippen molar-refractivity contribution in [3.05, 3.63) is 23.2 Å². The Morgan fingerprint density at radius 1 is 1.25 bits per heavy atom. The van der Waals surface area contributed by atoms with Gasteiger partial charge in [0, 0.05) is 12.1 Å². The second-order valence-electron chi connectivity index (χ2n) is 5.22. The van der Waals surface area contributed by atoms with Crippen molar-refractivity contribution >= 4 is 35.0 Å². The fraction of sp³-hybridized carbons (Fsp3) is 0.429. The Morgan fingerprint density at radius 2 is 1.90 bits per heavy atom. The van der Waals surface area contributed by atoms with Gasteiger partial charge in [-0.05, 0) is 39.0 Å². The minimum atomic E-state index is -0.599. The number of benzene rings is 1. The van der Waals surface area contributed by atoms with Crippen molar-refractivity contribution in [2.75, 3.05) is 10.6 Å². The van der Waals surface area contributed by atoms with Crippen LogP contribution in [-0.2, 0) is 9.53 Å². The van der Waals surface area contributed by atoms with Gasteiger partial charge in [0.25, 0.3) is 0 Å². The number of ether oxygens (including phenoxy) is 1. The molecule has 2 amide bonds. The molecule has 0 radical (unpaired) electrons. The van der Waals surface area contributed by atoms with E-state index in [9.17, 15) is 9.59 Å². The van der Waals surface area contributed by atoms with Crippen LogP contribution < -0.4 is 10.6 Å². The van der Waals surface area contributed by atoms with E-state index < -0.39 is 11.7 Å². The zero-order valence-corrected chi connectivity index (χ0v) is 12.8. The number of hydrogen-bond acceptors (Lipinski definition) is 3. The average molecular weight is 299 g/mol. The number of rotatable bonds is 3. The van der Waals surface area contributed by atoms with Gasteiger partial charge in [-0.2, -0.15) is 0 Å². The smallest absolute Gasteiger partial charge is 0.412 e. The van der Waals surface area contributed by atoms with Crippen LogP contribution in [0.3, 0.4) is 0 Å². The zero-order chi connectivity index (χ0) is 15.3. The predicted molar refractivity (Wildman–Crippen MR) is 80.2 cm³/mol. The van der Waals surface area contributed by atoms with Crippen molar-refractivity contribution in [1.29, 1.82) is 0 Å². The molecule has 0 spiro atoms. The first kappa shape index (κ1) is 16.3. The number of amides is 2. The summed E-state index contributed by atoms with van der Waals surface area (Å²) >= 11 is 6.00. The summed E-state index contributed by atoms with van der Waals surface area (Å²) in [6.45, 7) is 7.06. The standard InChI is InChI=1S/C14H19ClN2O3/c1-5-12(18)16-9-6-7-10(15)11(8-9)17-13(19)20-14(2,3)4/h6-8H,5H2,1-4H3,(H,16,18)(H,17,19). The van der Waals surface area contributed by atoms with Gasteiger partial charge < -0.3 is 10.1 Å². The van der Waals surface area contributed by atoms with Crippen molar-refractivity contribution in [3.8, 4) is 0 Å². The summed E-state index contributed by atoms with van der Waals surface area (Å²) in [5, 5.41) is 5.61. The lowest BCUT2D eigenvalue weighted by atomic mass is 10.2. The van der Waals surface area contributed by atoms with Gasteiger partial charge in [0.15, 0.2) is 0 Å².